The van der Waals surface area contributed by atoms with Gasteiger partial charge in [0.05, 0.1) is 18.8 Å². The van der Waals surface area contributed by atoms with Gasteiger partial charge in [-0.2, -0.15) is 0 Å². The third-order valence-electron chi connectivity index (χ3n) is 5.26. The van der Waals surface area contributed by atoms with Crippen LogP contribution < -0.4 is 14.4 Å². The van der Waals surface area contributed by atoms with Crippen molar-refractivity contribution in [2.45, 2.75) is 25.4 Å². The summed E-state index contributed by atoms with van der Waals surface area (Å²) in [5, 5.41) is 0. The molecule has 0 spiro atoms. The number of fused-ring (bicyclic) bond motifs is 1. The Bertz CT molecular complexity index is 823. The maximum Gasteiger partial charge on any atom is 0.265 e. The van der Waals surface area contributed by atoms with Crippen LogP contribution in [0.1, 0.15) is 19.3 Å². The summed E-state index contributed by atoms with van der Waals surface area (Å²) in [6.07, 6.45) is 2.75. The second kappa shape index (κ2) is 8.50. The fourth-order valence-electron chi connectivity index (χ4n) is 3.79. The number of para-hydroxylation sites is 3. The van der Waals surface area contributed by atoms with Crippen LogP contribution in [0.15, 0.2) is 48.5 Å². The molecule has 2 aliphatic heterocycles. The van der Waals surface area contributed by atoms with Crippen LogP contribution in [0.3, 0.4) is 0 Å². The molecule has 2 aliphatic rings. The molecular weight excluding hydrogens is 359 g/mol. The van der Waals surface area contributed by atoms with Gasteiger partial charge in [0.15, 0.2) is 17.7 Å². The van der Waals surface area contributed by atoms with E-state index in [1.54, 1.807) is 18.2 Å². The van der Waals surface area contributed by atoms with Crippen LogP contribution in [0.25, 0.3) is 0 Å². The van der Waals surface area contributed by atoms with E-state index in [0.29, 0.717) is 25.4 Å². The molecule has 2 aromatic rings. The number of benzene rings is 2. The lowest BCUT2D eigenvalue weighted by Crippen LogP contribution is -2.52. The lowest BCUT2D eigenvalue weighted by atomic mass is 10.1. The van der Waals surface area contributed by atoms with Crippen LogP contribution in [0, 0.1) is 5.82 Å². The van der Waals surface area contributed by atoms with Gasteiger partial charge in [-0.3, -0.25) is 4.79 Å². The zero-order chi connectivity index (χ0) is 19.3. The SMILES string of the molecule is O=C(C1CN(CCOc2ccccc2F)c2ccccc2O1)N1CCCCC1. The van der Waals surface area contributed by atoms with Gasteiger partial charge < -0.3 is 19.3 Å². The molecule has 2 heterocycles. The Labute approximate surface area is 164 Å². The van der Waals surface area contributed by atoms with E-state index in [-0.39, 0.29) is 17.5 Å². The summed E-state index contributed by atoms with van der Waals surface area (Å²) in [6.45, 7) is 2.93. The van der Waals surface area contributed by atoms with Crippen molar-refractivity contribution in [3.8, 4) is 11.5 Å². The molecular formula is C22H25FN2O3. The van der Waals surface area contributed by atoms with Crippen LogP contribution in [0.5, 0.6) is 11.5 Å². The van der Waals surface area contributed by atoms with Gasteiger partial charge in [0.25, 0.3) is 5.91 Å². The number of halogens is 1. The summed E-state index contributed by atoms with van der Waals surface area (Å²) >= 11 is 0. The molecule has 6 heteroatoms. The molecule has 148 valence electrons. The molecule has 0 N–H and O–H groups in total. The van der Waals surface area contributed by atoms with Gasteiger partial charge >= 0.3 is 0 Å². The summed E-state index contributed by atoms with van der Waals surface area (Å²) in [7, 11) is 0. The van der Waals surface area contributed by atoms with Crippen molar-refractivity contribution in [3.05, 3.63) is 54.3 Å². The Kier molecular flexibility index (Phi) is 5.65. The Morgan fingerprint density at radius 1 is 1.07 bits per heavy atom. The van der Waals surface area contributed by atoms with Gasteiger partial charge in [0, 0.05) is 13.1 Å². The molecule has 1 fully saturated rings. The smallest absolute Gasteiger partial charge is 0.265 e. The summed E-state index contributed by atoms with van der Waals surface area (Å²) < 4.78 is 25.4. The van der Waals surface area contributed by atoms with Gasteiger partial charge in [0.2, 0.25) is 0 Å². The topological polar surface area (TPSA) is 42.0 Å². The van der Waals surface area contributed by atoms with E-state index in [4.69, 9.17) is 9.47 Å². The lowest BCUT2D eigenvalue weighted by molar-refractivity contribution is -0.139. The van der Waals surface area contributed by atoms with Crippen molar-refractivity contribution in [3.63, 3.8) is 0 Å². The Morgan fingerprint density at radius 2 is 1.82 bits per heavy atom. The molecule has 1 unspecified atom stereocenters. The molecule has 28 heavy (non-hydrogen) atoms. The highest BCUT2D eigenvalue weighted by Gasteiger charge is 2.33. The van der Waals surface area contributed by atoms with Gasteiger partial charge in [-0.05, 0) is 43.5 Å². The number of hydrogen-bond acceptors (Lipinski definition) is 4. The summed E-state index contributed by atoms with van der Waals surface area (Å²) in [6, 6.07) is 14.1. The zero-order valence-corrected chi connectivity index (χ0v) is 15.9. The second-order valence-corrected chi connectivity index (χ2v) is 7.19. The summed E-state index contributed by atoms with van der Waals surface area (Å²) in [5.41, 5.74) is 0.933. The minimum absolute atomic E-state index is 0.0502. The largest absolute Gasteiger partial charge is 0.489 e. The number of anilines is 1. The fraction of sp³-hybridized carbons (Fsp3) is 0.409. The number of piperidine rings is 1. The molecule has 5 nitrogen and oxygen atoms in total. The van der Waals surface area contributed by atoms with Crippen LogP contribution in [0.2, 0.25) is 0 Å². The molecule has 0 aliphatic carbocycles. The number of carbonyl (C=O) groups is 1. The van der Waals surface area contributed by atoms with E-state index < -0.39 is 6.10 Å². The van der Waals surface area contributed by atoms with Gasteiger partial charge in [-0.15, -0.1) is 0 Å². The average molecular weight is 384 g/mol. The number of rotatable bonds is 5. The highest BCUT2D eigenvalue weighted by Crippen LogP contribution is 2.33. The number of amides is 1. The number of likely N-dealkylation sites (tertiary alicyclic amines) is 1. The van der Waals surface area contributed by atoms with E-state index in [1.807, 2.05) is 29.2 Å². The Balaban J connectivity index is 1.44. The molecule has 1 saturated heterocycles. The van der Waals surface area contributed by atoms with Gasteiger partial charge in [0.1, 0.15) is 12.4 Å². The molecule has 0 saturated carbocycles. The molecule has 1 atom stereocenters. The van der Waals surface area contributed by atoms with E-state index >= 15 is 0 Å². The quantitative estimate of drug-likeness (QED) is 0.792. The molecule has 4 rings (SSSR count). The summed E-state index contributed by atoms with van der Waals surface area (Å²) in [5.74, 6) is 0.622. The number of nitrogens with zero attached hydrogens (tertiary/aromatic N) is 2. The molecule has 0 radical (unpaired) electrons. The fourth-order valence-corrected chi connectivity index (χ4v) is 3.79. The first-order chi connectivity index (χ1) is 13.7. The predicted molar refractivity (Wildman–Crippen MR) is 105 cm³/mol. The van der Waals surface area contributed by atoms with Crippen molar-refractivity contribution in [1.82, 2.24) is 4.90 Å². The van der Waals surface area contributed by atoms with Gasteiger partial charge in [-0.1, -0.05) is 24.3 Å². The molecule has 2 aromatic carbocycles. The number of carbonyl (C=O) groups excluding carboxylic acids is 1. The Morgan fingerprint density at radius 3 is 2.64 bits per heavy atom. The molecule has 0 bridgehead atoms. The highest BCUT2D eigenvalue weighted by atomic mass is 19.1. The predicted octanol–water partition coefficient (Wildman–Crippen LogP) is 3.48. The van der Waals surface area contributed by atoms with Crippen molar-refractivity contribution in [2.24, 2.45) is 0 Å². The maximum atomic E-state index is 13.8. The van der Waals surface area contributed by atoms with E-state index in [9.17, 15) is 9.18 Å². The highest BCUT2D eigenvalue weighted by molar-refractivity contribution is 5.83. The second-order valence-electron chi connectivity index (χ2n) is 7.19. The van der Waals surface area contributed by atoms with Crippen LogP contribution >= 0.6 is 0 Å². The van der Waals surface area contributed by atoms with Crippen LogP contribution in [0.4, 0.5) is 10.1 Å². The van der Waals surface area contributed by atoms with Crippen molar-refractivity contribution >= 4 is 11.6 Å². The lowest BCUT2D eigenvalue weighted by Gasteiger charge is -2.38. The minimum Gasteiger partial charge on any atom is -0.489 e. The van der Waals surface area contributed by atoms with E-state index in [2.05, 4.69) is 4.90 Å². The monoisotopic (exact) mass is 384 g/mol. The van der Waals surface area contributed by atoms with E-state index in [1.165, 1.54) is 12.5 Å². The zero-order valence-electron chi connectivity index (χ0n) is 15.9. The van der Waals surface area contributed by atoms with Crippen LogP contribution in [-0.4, -0.2) is 49.7 Å². The standard InChI is InChI=1S/C22H25FN2O3/c23-17-8-2-4-10-19(17)27-15-14-25-16-21(22(26)24-12-6-1-7-13-24)28-20-11-5-3-9-18(20)25/h2-5,8-11,21H,1,6-7,12-16H2. The third kappa shape index (κ3) is 4.06. The van der Waals surface area contributed by atoms with Crippen molar-refractivity contribution in [1.29, 1.82) is 0 Å². The average Bonchev–Trinajstić information content (AvgIpc) is 2.75. The normalized spacial score (nSPS) is 19.0. The van der Waals surface area contributed by atoms with E-state index in [0.717, 1.165) is 31.6 Å². The summed E-state index contributed by atoms with van der Waals surface area (Å²) in [4.78, 5) is 16.9. The molecule has 0 aromatic heterocycles. The first kappa shape index (κ1) is 18.6. The van der Waals surface area contributed by atoms with Crippen molar-refractivity contribution < 1.29 is 18.7 Å². The number of ether oxygens (including phenoxy) is 2. The first-order valence-corrected chi connectivity index (χ1v) is 9.89. The first-order valence-electron chi connectivity index (χ1n) is 9.89. The molecule has 1 amide bonds. The third-order valence-corrected chi connectivity index (χ3v) is 5.26. The van der Waals surface area contributed by atoms with Gasteiger partial charge in [-0.25, -0.2) is 4.39 Å². The van der Waals surface area contributed by atoms with Crippen LogP contribution in [-0.2, 0) is 4.79 Å². The Hall–Kier alpha value is -2.76. The maximum absolute atomic E-state index is 13.8. The number of hydrogen-bond donors (Lipinski definition) is 0. The van der Waals surface area contributed by atoms with Crippen molar-refractivity contribution in [2.75, 3.05) is 37.7 Å². The minimum atomic E-state index is -0.526.